The summed E-state index contributed by atoms with van der Waals surface area (Å²) in [5.41, 5.74) is 2.37. The average molecular weight is 359 g/mol. The smallest absolute Gasteiger partial charge is 0.408 e. The molecule has 0 radical (unpaired) electrons. The van der Waals surface area contributed by atoms with Gasteiger partial charge in [-0.2, -0.15) is 0 Å². The van der Waals surface area contributed by atoms with Crippen molar-refractivity contribution >= 4 is 17.7 Å². The summed E-state index contributed by atoms with van der Waals surface area (Å²) in [6.45, 7) is 5.61. The fraction of sp³-hybridized carbons (Fsp3) is 0.400. The number of aromatic nitrogens is 1. The molecule has 1 fully saturated rings. The Hall–Kier alpha value is -2.07. The molecule has 1 heterocycles. The number of amides is 1. The lowest BCUT2D eigenvalue weighted by Crippen LogP contribution is -2.52. The second-order valence-corrected chi connectivity index (χ2v) is 7.89. The molecule has 5 heteroatoms. The van der Waals surface area contributed by atoms with Crippen molar-refractivity contribution in [3.05, 3.63) is 53.3 Å². The molecule has 0 atom stereocenters. The molecule has 1 aliphatic carbocycles. The topological polar surface area (TPSA) is 51.2 Å². The number of pyridine rings is 1. The molecular weight excluding hydrogens is 336 g/mol. The highest BCUT2D eigenvalue weighted by Crippen LogP contribution is 2.42. The highest BCUT2D eigenvalue weighted by atomic mass is 35.5. The van der Waals surface area contributed by atoms with E-state index >= 15 is 0 Å². The van der Waals surface area contributed by atoms with Crippen LogP contribution < -0.4 is 5.32 Å². The van der Waals surface area contributed by atoms with Crippen LogP contribution in [0.25, 0.3) is 11.1 Å². The largest absolute Gasteiger partial charge is 0.444 e. The monoisotopic (exact) mass is 358 g/mol. The van der Waals surface area contributed by atoms with E-state index in [1.165, 1.54) is 0 Å². The summed E-state index contributed by atoms with van der Waals surface area (Å²) in [4.78, 5) is 16.2. The van der Waals surface area contributed by atoms with Crippen molar-refractivity contribution < 1.29 is 9.53 Å². The van der Waals surface area contributed by atoms with Crippen LogP contribution in [0.1, 0.15) is 45.6 Å². The third-order valence-corrected chi connectivity index (χ3v) is 4.65. The molecule has 4 nitrogen and oxygen atoms in total. The molecule has 0 unspecified atom stereocenters. The zero-order chi connectivity index (χ0) is 18.1. The Labute approximate surface area is 153 Å². The predicted octanol–water partition coefficient (Wildman–Crippen LogP) is 5.31. The number of carbonyl (C=O) groups excluding carboxylic acids is 1. The molecule has 1 amide bonds. The van der Waals surface area contributed by atoms with Crippen LogP contribution in [-0.4, -0.2) is 16.7 Å². The van der Waals surface area contributed by atoms with Crippen LogP contribution in [0.5, 0.6) is 0 Å². The number of hydrogen-bond acceptors (Lipinski definition) is 3. The maximum atomic E-state index is 12.2. The highest BCUT2D eigenvalue weighted by Gasteiger charge is 2.41. The van der Waals surface area contributed by atoms with Crippen LogP contribution >= 0.6 is 11.6 Å². The van der Waals surface area contributed by atoms with Gasteiger partial charge in [0.15, 0.2) is 0 Å². The van der Waals surface area contributed by atoms with Gasteiger partial charge in [0.2, 0.25) is 0 Å². The van der Waals surface area contributed by atoms with E-state index in [9.17, 15) is 4.79 Å². The molecule has 25 heavy (non-hydrogen) atoms. The first-order chi connectivity index (χ1) is 11.8. The first-order valence-corrected chi connectivity index (χ1v) is 8.89. The fourth-order valence-electron chi connectivity index (χ4n) is 3.08. The van der Waals surface area contributed by atoms with Gasteiger partial charge in [0.05, 0.1) is 5.54 Å². The highest BCUT2D eigenvalue weighted by molar-refractivity contribution is 6.29. The zero-order valence-electron chi connectivity index (χ0n) is 14.8. The average Bonchev–Trinajstić information content (AvgIpc) is 2.49. The van der Waals surface area contributed by atoms with Crippen LogP contribution in [-0.2, 0) is 10.3 Å². The maximum Gasteiger partial charge on any atom is 0.408 e. The Morgan fingerprint density at radius 3 is 2.36 bits per heavy atom. The Balaban J connectivity index is 1.79. The SMILES string of the molecule is CC(C)(C)OC(=O)NC1(c2ccc(-c3ccnc(Cl)c3)cc2)CCC1. The fourth-order valence-corrected chi connectivity index (χ4v) is 3.25. The van der Waals surface area contributed by atoms with Gasteiger partial charge in [0, 0.05) is 6.20 Å². The number of nitrogens with one attached hydrogen (secondary N) is 1. The quantitative estimate of drug-likeness (QED) is 0.757. The van der Waals surface area contributed by atoms with Gasteiger partial charge in [-0.3, -0.25) is 0 Å². The van der Waals surface area contributed by atoms with Crippen molar-refractivity contribution in [2.45, 2.75) is 51.2 Å². The summed E-state index contributed by atoms with van der Waals surface area (Å²) >= 11 is 5.97. The zero-order valence-corrected chi connectivity index (χ0v) is 15.6. The van der Waals surface area contributed by atoms with E-state index in [0.29, 0.717) is 5.15 Å². The summed E-state index contributed by atoms with van der Waals surface area (Å²) < 4.78 is 5.43. The minimum Gasteiger partial charge on any atom is -0.444 e. The number of alkyl carbamates (subject to hydrolysis) is 1. The molecule has 0 bridgehead atoms. The summed E-state index contributed by atoms with van der Waals surface area (Å²) in [6.07, 6.45) is 4.28. The van der Waals surface area contributed by atoms with Gasteiger partial charge in [-0.1, -0.05) is 35.9 Å². The number of ether oxygens (including phenoxy) is 1. The summed E-state index contributed by atoms with van der Waals surface area (Å²) in [6, 6.07) is 12.0. The molecule has 1 saturated carbocycles. The molecule has 3 rings (SSSR count). The summed E-state index contributed by atoms with van der Waals surface area (Å²) in [7, 11) is 0. The molecule has 0 spiro atoms. The second-order valence-electron chi connectivity index (χ2n) is 7.51. The molecule has 132 valence electrons. The summed E-state index contributed by atoms with van der Waals surface area (Å²) in [5.74, 6) is 0. The van der Waals surface area contributed by atoms with E-state index in [-0.39, 0.29) is 11.6 Å². The predicted molar refractivity (Wildman–Crippen MR) is 99.6 cm³/mol. The van der Waals surface area contributed by atoms with E-state index in [4.69, 9.17) is 16.3 Å². The number of carbonyl (C=O) groups is 1. The molecule has 0 aliphatic heterocycles. The van der Waals surface area contributed by atoms with Crippen LogP contribution in [0, 0.1) is 0 Å². The minimum atomic E-state index is -0.501. The summed E-state index contributed by atoms with van der Waals surface area (Å²) in [5, 5.41) is 3.55. The van der Waals surface area contributed by atoms with Gasteiger partial charge in [-0.15, -0.1) is 0 Å². The minimum absolute atomic E-state index is 0.323. The van der Waals surface area contributed by atoms with Crippen LogP contribution in [0.3, 0.4) is 0 Å². The first-order valence-electron chi connectivity index (χ1n) is 8.51. The van der Waals surface area contributed by atoms with Gasteiger partial charge in [0.1, 0.15) is 10.8 Å². The maximum absolute atomic E-state index is 12.2. The molecule has 0 saturated heterocycles. The van der Waals surface area contributed by atoms with E-state index < -0.39 is 5.60 Å². The Morgan fingerprint density at radius 1 is 1.16 bits per heavy atom. The number of nitrogens with zero attached hydrogens (tertiary/aromatic N) is 1. The van der Waals surface area contributed by atoms with Gasteiger partial charge in [-0.25, -0.2) is 9.78 Å². The van der Waals surface area contributed by atoms with Gasteiger partial charge < -0.3 is 10.1 Å². The Bertz CT molecular complexity index is 762. The van der Waals surface area contributed by atoms with Crippen LogP contribution in [0.15, 0.2) is 42.6 Å². The number of benzene rings is 1. The van der Waals surface area contributed by atoms with E-state index in [1.54, 1.807) is 6.20 Å². The van der Waals surface area contributed by atoms with Gasteiger partial charge in [-0.05, 0) is 68.9 Å². The van der Waals surface area contributed by atoms with Gasteiger partial charge >= 0.3 is 6.09 Å². The lowest BCUT2D eigenvalue weighted by atomic mass is 9.71. The third-order valence-electron chi connectivity index (χ3n) is 4.44. The lowest BCUT2D eigenvalue weighted by Gasteiger charge is -2.43. The van der Waals surface area contributed by atoms with Crippen molar-refractivity contribution in [3.63, 3.8) is 0 Å². The standard InChI is InChI=1S/C20H23ClN2O2/c1-19(2,3)25-18(24)23-20(10-4-11-20)16-7-5-14(6-8-16)15-9-12-22-17(21)13-15/h5-9,12-13H,4,10-11H2,1-3H3,(H,23,24). The molecule has 1 aliphatic rings. The lowest BCUT2D eigenvalue weighted by molar-refractivity contribution is 0.0377. The Morgan fingerprint density at radius 2 is 1.84 bits per heavy atom. The van der Waals surface area contributed by atoms with Crippen molar-refractivity contribution in [3.8, 4) is 11.1 Å². The first kappa shape index (κ1) is 17.7. The molecule has 1 aromatic carbocycles. The number of rotatable bonds is 3. The van der Waals surface area contributed by atoms with Crippen LogP contribution in [0.2, 0.25) is 5.15 Å². The van der Waals surface area contributed by atoms with Crippen molar-refractivity contribution in [2.24, 2.45) is 0 Å². The molecule has 1 N–H and O–H groups in total. The van der Waals surface area contributed by atoms with Crippen LogP contribution in [0.4, 0.5) is 4.79 Å². The number of halogens is 1. The normalized spacial score (nSPS) is 16.0. The van der Waals surface area contributed by atoms with E-state index in [0.717, 1.165) is 36.0 Å². The third kappa shape index (κ3) is 4.13. The molecule has 1 aromatic heterocycles. The van der Waals surface area contributed by atoms with Gasteiger partial charge in [0.25, 0.3) is 0 Å². The molecular formula is C20H23ClN2O2. The van der Waals surface area contributed by atoms with Crippen molar-refractivity contribution in [1.82, 2.24) is 10.3 Å². The second kappa shape index (κ2) is 6.68. The van der Waals surface area contributed by atoms with E-state index in [2.05, 4.69) is 34.6 Å². The van der Waals surface area contributed by atoms with E-state index in [1.807, 2.05) is 32.9 Å². The molecule has 2 aromatic rings. The van der Waals surface area contributed by atoms with Crippen molar-refractivity contribution in [2.75, 3.05) is 0 Å². The van der Waals surface area contributed by atoms with Crippen molar-refractivity contribution in [1.29, 1.82) is 0 Å². The number of hydrogen-bond donors (Lipinski definition) is 1. The Kier molecular flexibility index (Phi) is 4.74.